The fraction of sp³-hybridized carbons (Fsp3) is 0.235. The summed E-state index contributed by atoms with van der Waals surface area (Å²) in [6, 6.07) is 14.6. The Kier molecular flexibility index (Phi) is 4.86. The maximum absolute atomic E-state index is 13.2. The van der Waals surface area contributed by atoms with E-state index in [1.165, 1.54) is 29.3 Å². The third-order valence-electron chi connectivity index (χ3n) is 3.34. The maximum Gasteiger partial charge on any atom is 0.123 e. The summed E-state index contributed by atoms with van der Waals surface area (Å²) >= 11 is 0. The Morgan fingerprint density at radius 3 is 2.70 bits per heavy atom. The van der Waals surface area contributed by atoms with Crippen LogP contribution in [0.2, 0.25) is 0 Å². The number of halogens is 1. The zero-order valence-electron chi connectivity index (χ0n) is 11.5. The fourth-order valence-electron chi connectivity index (χ4n) is 2.15. The number of nitriles is 1. The molecular formula is C17H17FN2. The molecule has 102 valence electrons. The van der Waals surface area contributed by atoms with Gasteiger partial charge in [0.2, 0.25) is 0 Å². The van der Waals surface area contributed by atoms with E-state index in [-0.39, 0.29) is 5.82 Å². The molecule has 0 aliphatic heterocycles. The predicted molar refractivity (Wildman–Crippen MR) is 77.7 cm³/mol. The van der Waals surface area contributed by atoms with Crippen molar-refractivity contribution in [1.82, 2.24) is 5.32 Å². The summed E-state index contributed by atoms with van der Waals surface area (Å²) < 4.78 is 13.2. The SMILES string of the molecule is Cc1ccccc1CCNCc1cc(F)ccc1C#N. The molecule has 20 heavy (non-hydrogen) atoms. The predicted octanol–water partition coefficient (Wildman–Crippen LogP) is 3.34. The molecule has 0 aliphatic carbocycles. The number of benzene rings is 2. The van der Waals surface area contributed by atoms with Crippen LogP contribution in [0, 0.1) is 24.1 Å². The van der Waals surface area contributed by atoms with Gasteiger partial charge >= 0.3 is 0 Å². The average molecular weight is 268 g/mol. The van der Waals surface area contributed by atoms with E-state index < -0.39 is 0 Å². The zero-order chi connectivity index (χ0) is 14.4. The first kappa shape index (κ1) is 14.2. The number of hydrogen-bond acceptors (Lipinski definition) is 2. The highest BCUT2D eigenvalue weighted by molar-refractivity contribution is 5.37. The van der Waals surface area contributed by atoms with Crippen LogP contribution in [-0.2, 0) is 13.0 Å². The molecule has 2 aromatic carbocycles. The summed E-state index contributed by atoms with van der Waals surface area (Å²) in [7, 11) is 0. The van der Waals surface area contributed by atoms with Gasteiger partial charge in [-0.15, -0.1) is 0 Å². The molecule has 0 heterocycles. The second kappa shape index (κ2) is 6.83. The Balaban J connectivity index is 1.89. The van der Waals surface area contributed by atoms with Gasteiger partial charge in [0.05, 0.1) is 11.6 Å². The molecule has 2 rings (SSSR count). The lowest BCUT2D eigenvalue weighted by atomic mass is 10.1. The molecule has 0 fully saturated rings. The van der Waals surface area contributed by atoms with Crippen molar-refractivity contribution in [2.45, 2.75) is 19.9 Å². The summed E-state index contributed by atoms with van der Waals surface area (Å²) in [6.45, 7) is 3.40. The number of aryl methyl sites for hydroxylation is 1. The maximum atomic E-state index is 13.2. The van der Waals surface area contributed by atoms with Crippen LogP contribution in [0.5, 0.6) is 0 Å². The smallest absolute Gasteiger partial charge is 0.123 e. The standard InChI is InChI=1S/C17H17FN2/c1-13-4-2-3-5-14(13)8-9-20-12-16-10-17(18)7-6-15(16)11-19/h2-7,10,20H,8-9,12H2,1H3. The van der Waals surface area contributed by atoms with E-state index in [0.717, 1.165) is 13.0 Å². The van der Waals surface area contributed by atoms with E-state index in [9.17, 15) is 4.39 Å². The van der Waals surface area contributed by atoms with Crippen LogP contribution in [0.1, 0.15) is 22.3 Å². The summed E-state index contributed by atoms with van der Waals surface area (Å²) in [5.74, 6) is -0.306. The molecule has 0 bridgehead atoms. The minimum absolute atomic E-state index is 0.306. The molecule has 0 saturated carbocycles. The molecule has 0 aromatic heterocycles. The van der Waals surface area contributed by atoms with Crippen LogP contribution >= 0.6 is 0 Å². The molecule has 0 radical (unpaired) electrons. The zero-order valence-corrected chi connectivity index (χ0v) is 11.5. The Bertz CT molecular complexity index is 629. The normalized spacial score (nSPS) is 10.2. The fourth-order valence-corrected chi connectivity index (χ4v) is 2.15. The van der Waals surface area contributed by atoms with E-state index in [4.69, 9.17) is 5.26 Å². The highest BCUT2D eigenvalue weighted by Crippen LogP contribution is 2.11. The summed E-state index contributed by atoms with van der Waals surface area (Å²) in [4.78, 5) is 0. The topological polar surface area (TPSA) is 35.8 Å². The van der Waals surface area contributed by atoms with Crippen LogP contribution < -0.4 is 5.32 Å². The third kappa shape index (κ3) is 3.66. The summed E-state index contributed by atoms with van der Waals surface area (Å²) in [5, 5.41) is 12.2. The molecule has 1 N–H and O–H groups in total. The van der Waals surface area contributed by atoms with Gasteiger partial charge in [0, 0.05) is 6.54 Å². The summed E-state index contributed by atoms with van der Waals surface area (Å²) in [6.07, 6.45) is 0.921. The molecule has 3 heteroatoms. The lowest BCUT2D eigenvalue weighted by Crippen LogP contribution is -2.17. The van der Waals surface area contributed by atoms with E-state index in [0.29, 0.717) is 17.7 Å². The quantitative estimate of drug-likeness (QED) is 0.844. The van der Waals surface area contributed by atoms with Crippen molar-refractivity contribution < 1.29 is 4.39 Å². The Morgan fingerprint density at radius 1 is 1.15 bits per heavy atom. The van der Waals surface area contributed by atoms with Gasteiger partial charge in [-0.25, -0.2) is 4.39 Å². The van der Waals surface area contributed by atoms with Crippen molar-refractivity contribution in [3.63, 3.8) is 0 Å². The first-order valence-corrected chi connectivity index (χ1v) is 6.64. The number of nitrogens with one attached hydrogen (secondary N) is 1. The van der Waals surface area contributed by atoms with Crippen molar-refractivity contribution in [2.24, 2.45) is 0 Å². The molecule has 0 saturated heterocycles. The van der Waals surface area contributed by atoms with Crippen LogP contribution in [-0.4, -0.2) is 6.54 Å². The molecule has 0 spiro atoms. The van der Waals surface area contributed by atoms with Crippen LogP contribution in [0.4, 0.5) is 4.39 Å². The Morgan fingerprint density at radius 2 is 1.95 bits per heavy atom. The second-order valence-electron chi connectivity index (χ2n) is 4.77. The molecule has 0 amide bonds. The largest absolute Gasteiger partial charge is 0.312 e. The highest BCUT2D eigenvalue weighted by Gasteiger charge is 2.03. The molecule has 0 atom stereocenters. The lowest BCUT2D eigenvalue weighted by molar-refractivity contribution is 0.619. The van der Waals surface area contributed by atoms with Gasteiger partial charge in [0.1, 0.15) is 5.82 Å². The molecule has 2 nitrogen and oxygen atoms in total. The molecule has 2 aromatic rings. The van der Waals surface area contributed by atoms with Crippen molar-refractivity contribution in [3.05, 3.63) is 70.5 Å². The number of hydrogen-bond donors (Lipinski definition) is 1. The van der Waals surface area contributed by atoms with Gasteiger partial charge in [0.25, 0.3) is 0 Å². The van der Waals surface area contributed by atoms with Gasteiger partial charge in [-0.2, -0.15) is 5.26 Å². The van der Waals surface area contributed by atoms with Crippen molar-refractivity contribution >= 4 is 0 Å². The number of rotatable bonds is 5. The Hall–Kier alpha value is -2.18. The summed E-state index contributed by atoms with van der Waals surface area (Å²) in [5.41, 5.74) is 3.81. The molecule has 0 aliphatic rings. The number of nitrogens with zero attached hydrogens (tertiary/aromatic N) is 1. The van der Waals surface area contributed by atoms with Gasteiger partial charge in [-0.1, -0.05) is 24.3 Å². The van der Waals surface area contributed by atoms with Crippen LogP contribution in [0.3, 0.4) is 0 Å². The molecular weight excluding hydrogens is 251 g/mol. The van der Waals surface area contributed by atoms with Gasteiger partial charge < -0.3 is 5.32 Å². The van der Waals surface area contributed by atoms with Crippen molar-refractivity contribution in [2.75, 3.05) is 6.54 Å². The minimum atomic E-state index is -0.306. The van der Waals surface area contributed by atoms with E-state index in [2.05, 4.69) is 30.4 Å². The average Bonchev–Trinajstić information content (AvgIpc) is 2.45. The van der Waals surface area contributed by atoms with E-state index in [1.807, 2.05) is 12.1 Å². The second-order valence-corrected chi connectivity index (χ2v) is 4.77. The lowest BCUT2D eigenvalue weighted by Gasteiger charge is -2.08. The Labute approximate surface area is 118 Å². The molecule has 0 unspecified atom stereocenters. The minimum Gasteiger partial charge on any atom is -0.312 e. The monoisotopic (exact) mass is 268 g/mol. The third-order valence-corrected chi connectivity index (χ3v) is 3.34. The van der Waals surface area contributed by atoms with Crippen molar-refractivity contribution in [1.29, 1.82) is 5.26 Å². The van der Waals surface area contributed by atoms with Crippen molar-refractivity contribution in [3.8, 4) is 6.07 Å². The van der Waals surface area contributed by atoms with Gasteiger partial charge in [-0.3, -0.25) is 0 Å². The van der Waals surface area contributed by atoms with Gasteiger partial charge in [-0.05, 0) is 54.8 Å². The first-order valence-electron chi connectivity index (χ1n) is 6.64. The highest BCUT2D eigenvalue weighted by atomic mass is 19.1. The van der Waals surface area contributed by atoms with Gasteiger partial charge in [0.15, 0.2) is 0 Å². The van der Waals surface area contributed by atoms with E-state index >= 15 is 0 Å². The van der Waals surface area contributed by atoms with E-state index in [1.54, 1.807) is 0 Å². The first-order chi connectivity index (χ1) is 9.70. The van der Waals surface area contributed by atoms with Crippen LogP contribution in [0.25, 0.3) is 0 Å². The van der Waals surface area contributed by atoms with Crippen LogP contribution in [0.15, 0.2) is 42.5 Å².